The molecular weight excluding hydrogens is 160 g/mol. The molecule has 1 saturated carbocycles. The van der Waals surface area contributed by atoms with Crippen LogP contribution in [0, 0.1) is 0 Å². The van der Waals surface area contributed by atoms with Crippen molar-refractivity contribution in [3.05, 3.63) is 0 Å². The smallest absolute Gasteiger partial charge is 0.0110 e. The van der Waals surface area contributed by atoms with Gasteiger partial charge in [0, 0.05) is 25.2 Å². The van der Waals surface area contributed by atoms with Gasteiger partial charge in [-0.2, -0.15) is 0 Å². The van der Waals surface area contributed by atoms with Gasteiger partial charge < -0.3 is 5.32 Å². The molecule has 2 nitrogen and oxygen atoms in total. The second-order valence-corrected chi connectivity index (χ2v) is 4.61. The summed E-state index contributed by atoms with van der Waals surface area (Å²) in [6.45, 7) is 6.16. The zero-order valence-corrected chi connectivity index (χ0v) is 8.76. The molecule has 2 rings (SSSR count). The molecule has 0 bridgehead atoms. The van der Waals surface area contributed by atoms with Crippen LogP contribution in [-0.2, 0) is 0 Å². The molecule has 13 heavy (non-hydrogen) atoms. The van der Waals surface area contributed by atoms with Crippen molar-refractivity contribution >= 4 is 0 Å². The molecule has 1 heterocycles. The van der Waals surface area contributed by atoms with Gasteiger partial charge in [0.2, 0.25) is 0 Å². The molecule has 2 heteroatoms. The zero-order valence-electron chi connectivity index (χ0n) is 8.76. The van der Waals surface area contributed by atoms with E-state index in [1.54, 1.807) is 0 Å². The molecule has 2 fully saturated rings. The molecule has 1 unspecified atom stereocenters. The number of likely N-dealkylation sites (tertiary alicyclic amines) is 1. The lowest BCUT2D eigenvalue weighted by atomic mass is 10.0. The third-order valence-corrected chi connectivity index (χ3v) is 3.35. The maximum absolute atomic E-state index is 3.58. The molecule has 0 aromatic rings. The predicted octanol–water partition coefficient (Wildman–Crippen LogP) is 1.61. The van der Waals surface area contributed by atoms with E-state index in [4.69, 9.17) is 0 Å². The van der Waals surface area contributed by atoms with Gasteiger partial charge in [-0.25, -0.2) is 0 Å². The zero-order chi connectivity index (χ0) is 9.10. The first kappa shape index (κ1) is 9.47. The number of piperidine rings is 1. The van der Waals surface area contributed by atoms with Crippen molar-refractivity contribution in [2.24, 2.45) is 0 Å². The summed E-state index contributed by atoms with van der Waals surface area (Å²) in [4.78, 5) is 2.64. The molecule has 0 aromatic heterocycles. The summed E-state index contributed by atoms with van der Waals surface area (Å²) in [5.74, 6) is 0. The Hall–Kier alpha value is -0.0800. The fourth-order valence-corrected chi connectivity index (χ4v) is 2.19. The van der Waals surface area contributed by atoms with Gasteiger partial charge in [0.05, 0.1) is 0 Å². The van der Waals surface area contributed by atoms with Gasteiger partial charge in [-0.1, -0.05) is 6.42 Å². The Bertz CT molecular complexity index is 154. The van der Waals surface area contributed by atoms with Crippen LogP contribution in [0.3, 0.4) is 0 Å². The highest BCUT2D eigenvalue weighted by Gasteiger charge is 2.21. The molecule has 1 saturated heterocycles. The first-order valence-corrected chi connectivity index (χ1v) is 5.83. The fourth-order valence-electron chi connectivity index (χ4n) is 2.19. The summed E-state index contributed by atoms with van der Waals surface area (Å²) in [6, 6.07) is 1.70. The van der Waals surface area contributed by atoms with Crippen molar-refractivity contribution in [3.8, 4) is 0 Å². The maximum atomic E-state index is 3.58. The van der Waals surface area contributed by atoms with Crippen LogP contribution >= 0.6 is 0 Å². The normalized spacial score (nSPS) is 30.7. The minimum absolute atomic E-state index is 0.828. The van der Waals surface area contributed by atoms with Crippen LogP contribution < -0.4 is 5.32 Å². The molecular formula is C11H22N2. The molecule has 0 amide bonds. The molecule has 1 aliphatic heterocycles. The van der Waals surface area contributed by atoms with Crippen molar-refractivity contribution in [1.82, 2.24) is 10.2 Å². The predicted molar refractivity (Wildman–Crippen MR) is 55.9 cm³/mol. The Labute approximate surface area is 81.7 Å². The van der Waals surface area contributed by atoms with Crippen molar-refractivity contribution in [2.75, 3.05) is 19.6 Å². The van der Waals surface area contributed by atoms with Crippen molar-refractivity contribution in [3.63, 3.8) is 0 Å². The molecule has 0 spiro atoms. The Morgan fingerprint density at radius 1 is 1.23 bits per heavy atom. The third-order valence-electron chi connectivity index (χ3n) is 3.35. The number of hydrogen-bond acceptors (Lipinski definition) is 2. The van der Waals surface area contributed by atoms with Gasteiger partial charge >= 0.3 is 0 Å². The average molecular weight is 182 g/mol. The van der Waals surface area contributed by atoms with Crippen LogP contribution in [-0.4, -0.2) is 36.6 Å². The van der Waals surface area contributed by atoms with Crippen LogP contribution in [0.4, 0.5) is 0 Å². The average Bonchev–Trinajstić information content (AvgIpc) is 2.92. The Morgan fingerprint density at radius 3 is 2.77 bits per heavy atom. The van der Waals surface area contributed by atoms with Crippen LogP contribution in [0.5, 0.6) is 0 Å². The quantitative estimate of drug-likeness (QED) is 0.710. The van der Waals surface area contributed by atoms with E-state index in [1.165, 1.54) is 51.7 Å². The summed E-state index contributed by atoms with van der Waals surface area (Å²) in [5, 5.41) is 3.58. The molecule has 0 aromatic carbocycles. The summed E-state index contributed by atoms with van der Waals surface area (Å²) in [5.41, 5.74) is 0. The summed E-state index contributed by atoms with van der Waals surface area (Å²) >= 11 is 0. The standard InChI is InChI=1S/C11H22N2/c1-10-4-2-3-8-13(10)9-7-12-11-5-6-11/h10-12H,2-9H2,1H3. The Morgan fingerprint density at radius 2 is 2.08 bits per heavy atom. The monoisotopic (exact) mass is 182 g/mol. The Balaban J connectivity index is 1.60. The molecule has 2 aliphatic rings. The third kappa shape index (κ3) is 2.96. The van der Waals surface area contributed by atoms with Crippen LogP contribution in [0.15, 0.2) is 0 Å². The van der Waals surface area contributed by atoms with Gasteiger partial charge in [0.25, 0.3) is 0 Å². The number of hydrogen-bond donors (Lipinski definition) is 1. The van der Waals surface area contributed by atoms with E-state index in [0.29, 0.717) is 0 Å². The van der Waals surface area contributed by atoms with E-state index >= 15 is 0 Å². The highest BCUT2D eigenvalue weighted by Crippen LogP contribution is 2.19. The number of rotatable bonds is 4. The van der Waals surface area contributed by atoms with E-state index in [1.807, 2.05) is 0 Å². The van der Waals surface area contributed by atoms with Gasteiger partial charge in [0.1, 0.15) is 0 Å². The summed E-state index contributed by atoms with van der Waals surface area (Å²) < 4.78 is 0. The minimum atomic E-state index is 0.828. The van der Waals surface area contributed by atoms with Crippen LogP contribution in [0.25, 0.3) is 0 Å². The maximum Gasteiger partial charge on any atom is 0.0110 e. The molecule has 76 valence electrons. The van der Waals surface area contributed by atoms with Crippen LogP contribution in [0.1, 0.15) is 39.0 Å². The highest BCUT2D eigenvalue weighted by molar-refractivity contribution is 4.82. The van der Waals surface area contributed by atoms with Gasteiger partial charge in [0.15, 0.2) is 0 Å². The lowest BCUT2D eigenvalue weighted by molar-refractivity contribution is 0.161. The van der Waals surface area contributed by atoms with Crippen LogP contribution in [0.2, 0.25) is 0 Å². The first-order chi connectivity index (χ1) is 6.36. The SMILES string of the molecule is CC1CCCCN1CCNC1CC1. The molecule has 1 aliphatic carbocycles. The van der Waals surface area contributed by atoms with E-state index in [-0.39, 0.29) is 0 Å². The van der Waals surface area contributed by atoms with Crippen molar-refractivity contribution in [2.45, 2.75) is 51.1 Å². The van der Waals surface area contributed by atoms with E-state index < -0.39 is 0 Å². The van der Waals surface area contributed by atoms with E-state index in [9.17, 15) is 0 Å². The lowest BCUT2D eigenvalue weighted by Gasteiger charge is -2.33. The first-order valence-electron chi connectivity index (χ1n) is 5.83. The lowest BCUT2D eigenvalue weighted by Crippen LogP contribution is -2.41. The largest absolute Gasteiger partial charge is 0.313 e. The van der Waals surface area contributed by atoms with Crippen molar-refractivity contribution in [1.29, 1.82) is 0 Å². The summed E-state index contributed by atoms with van der Waals surface area (Å²) in [7, 11) is 0. The molecule has 1 N–H and O–H groups in total. The molecule has 0 radical (unpaired) electrons. The van der Waals surface area contributed by atoms with Gasteiger partial charge in [-0.15, -0.1) is 0 Å². The highest BCUT2D eigenvalue weighted by atomic mass is 15.2. The van der Waals surface area contributed by atoms with Crippen molar-refractivity contribution < 1.29 is 0 Å². The second kappa shape index (κ2) is 4.43. The second-order valence-electron chi connectivity index (χ2n) is 4.61. The topological polar surface area (TPSA) is 15.3 Å². The van der Waals surface area contributed by atoms with E-state index in [2.05, 4.69) is 17.1 Å². The fraction of sp³-hybridized carbons (Fsp3) is 1.00. The molecule has 1 atom stereocenters. The summed E-state index contributed by atoms with van der Waals surface area (Å²) in [6.07, 6.45) is 7.08. The van der Waals surface area contributed by atoms with Gasteiger partial charge in [-0.3, -0.25) is 4.90 Å². The number of nitrogens with one attached hydrogen (secondary N) is 1. The van der Waals surface area contributed by atoms with Gasteiger partial charge in [-0.05, 0) is 39.2 Å². The van der Waals surface area contributed by atoms with E-state index in [0.717, 1.165) is 12.1 Å². The number of nitrogens with zero attached hydrogens (tertiary/aromatic N) is 1. The Kier molecular flexibility index (Phi) is 3.23. The minimum Gasteiger partial charge on any atom is -0.313 e.